The molecule has 0 spiro atoms. The largest absolute Gasteiger partial charge is 0.372 e. The fraction of sp³-hybridized carbons (Fsp3) is 0.167. The zero-order valence-corrected chi connectivity index (χ0v) is 17.2. The molecule has 0 bridgehead atoms. The predicted octanol–water partition coefficient (Wildman–Crippen LogP) is 4.12. The van der Waals surface area contributed by atoms with E-state index in [1.807, 2.05) is 31.2 Å². The van der Waals surface area contributed by atoms with E-state index in [9.17, 15) is 14.7 Å². The lowest BCUT2D eigenvalue weighted by molar-refractivity contribution is -0.133. The van der Waals surface area contributed by atoms with Crippen LogP contribution < -0.4 is 10.2 Å². The van der Waals surface area contributed by atoms with Gasteiger partial charge in [0.15, 0.2) is 5.60 Å². The van der Waals surface area contributed by atoms with Gasteiger partial charge in [-0.3, -0.25) is 14.5 Å². The number of carbonyl (C=O) groups is 2. The Hall–Kier alpha value is -3.15. The monoisotopic (exact) mass is 420 g/mol. The molecule has 0 fully saturated rings. The molecule has 2 amide bonds. The van der Waals surface area contributed by atoms with Crippen molar-refractivity contribution in [2.45, 2.75) is 18.9 Å². The number of hydrogen-bond acceptors (Lipinski definition) is 3. The molecule has 0 saturated carbocycles. The van der Waals surface area contributed by atoms with E-state index in [2.05, 4.69) is 5.32 Å². The van der Waals surface area contributed by atoms with Crippen LogP contribution in [0.1, 0.15) is 23.6 Å². The highest BCUT2D eigenvalue weighted by Gasteiger charge is 2.51. The molecule has 0 aromatic heterocycles. The van der Waals surface area contributed by atoms with Crippen LogP contribution in [0.4, 0.5) is 11.4 Å². The quantitative estimate of drug-likeness (QED) is 0.652. The lowest BCUT2D eigenvalue weighted by atomic mass is 9.87. The number of fused-ring (bicyclic) bond motifs is 1. The van der Waals surface area contributed by atoms with Crippen LogP contribution in [0.25, 0.3) is 0 Å². The van der Waals surface area contributed by atoms with Gasteiger partial charge in [-0.15, -0.1) is 0 Å². The van der Waals surface area contributed by atoms with Crippen LogP contribution in [-0.2, 0) is 21.6 Å². The van der Waals surface area contributed by atoms with Crippen molar-refractivity contribution in [3.63, 3.8) is 0 Å². The van der Waals surface area contributed by atoms with Crippen molar-refractivity contribution < 1.29 is 14.7 Å². The van der Waals surface area contributed by atoms with E-state index in [0.717, 1.165) is 17.7 Å². The maximum Gasteiger partial charge on any atom is 0.268 e. The lowest BCUT2D eigenvalue weighted by Gasteiger charge is -2.24. The zero-order chi connectivity index (χ0) is 21.3. The van der Waals surface area contributed by atoms with E-state index in [1.54, 1.807) is 48.5 Å². The number of benzene rings is 3. The highest BCUT2D eigenvalue weighted by Crippen LogP contribution is 2.44. The molecule has 1 unspecified atom stereocenters. The van der Waals surface area contributed by atoms with Crippen LogP contribution in [-0.4, -0.2) is 23.5 Å². The van der Waals surface area contributed by atoms with Gasteiger partial charge in [0.1, 0.15) is 6.54 Å². The predicted molar refractivity (Wildman–Crippen MR) is 118 cm³/mol. The highest BCUT2D eigenvalue weighted by atomic mass is 35.5. The Labute approximate surface area is 179 Å². The Morgan fingerprint density at radius 2 is 1.80 bits per heavy atom. The summed E-state index contributed by atoms with van der Waals surface area (Å²) in [6.45, 7) is 1.80. The maximum atomic E-state index is 13.4. The maximum absolute atomic E-state index is 13.4. The molecule has 0 radical (unpaired) electrons. The van der Waals surface area contributed by atoms with Crippen molar-refractivity contribution in [1.29, 1.82) is 0 Å². The molecular formula is C24H21ClN2O3. The number of anilines is 2. The van der Waals surface area contributed by atoms with Gasteiger partial charge < -0.3 is 10.4 Å². The molecule has 1 atom stereocenters. The summed E-state index contributed by atoms with van der Waals surface area (Å²) in [5.41, 5.74) is 1.13. The topological polar surface area (TPSA) is 69.6 Å². The van der Waals surface area contributed by atoms with Crippen LogP contribution in [0.15, 0.2) is 72.8 Å². The van der Waals surface area contributed by atoms with Crippen LogP contribution in [0.3, 0.4) is 0 Å². The first-order valence-corrected chi connectivity index (χ1v) is 10.1. The zero-order valence-electron chi connectivity index (χ0n) is 16.4. The number of rotatable bonds is 5. The second-order valence-corrected chi connectivity index (χ2v) is 7.62. The van der Waals surface area contributed by atoms with Gasteiger partial charge in [-0.1, -0.05) is 67.1 Å². The fourth-order valence-corrected chi connectivity index (χ4v) is 4.06. The Morgan fingerprint density at radius 3 is 2.57 bits per heavy atom. The van der Waals surface area contributed by atoms with Gasteiger partial charge in [0, 0.05) is 16.3 Å². The molecule has 0 saturated heterocycles. The van der Waals surface area contributed by atoms with E-state index in [-0.39, 0.29) is 12.5 Å². The Morgan fingerprint density at radius 1 is 1.07 bits per heavy atom. The molecule has 1 heterocycles. The minimum Gasteiger partial charge on any atom is -0.372 e. The first-order chi connectivity index (χ1) is 14.4. The van der Waals surface area contributed by atoms with Gasteiger partial charge in [0.25, 0.3) is 5.91 Å². The Balaban J connectivity index is 1.66. The second-order valence-electron chi connectivity index (χ2n) is 7.19. The molecule has 3 aromatic rings. The van der Waals surface area contributed by atoms with Crippen LogP contribution >= 0.6 is 11.6 Å². The minimum absolute atomic E-state index is 0.212. The summed E-state index contributed by atoms with van der Waals surface area (Å²) in [5, 5.41) is 14.8. The number of nitrogens with one attached hydrogen (secondary N) is 1. The number of aliphatic hydroxyl groups is 1. The molecule has 30 heavy (non-hydrogen) atoms. The SMILES string of the molecule is CCc1ccccc1NC(=O)CN1C(=O)C(O)(c2cccc(Cl)c2)c2ccccc21. The van der Waals surface area contributed by atoms with E-state index in [0.29, 0.717) is 21.8 Å². The Bertz CT molecular complexity index is 1130. The van der Waals surface area contributed by atoms with Crippen molar-refractivity contribution in [2.24, 2.45) is 0 Å². The average Bonchev–Trinajstić information content (AvgIpc) is 2.97. The number of para-hydroxylation sites is 2. The molecular weight excluding hydrogens is 400 g/mol. The van der Waals surface area contributed by atoms with Crippen molar-refractivity contribution in [3.8, 4) is 0 Å². The molecule has 5 nitrogen and oxygen atoms in total. The van der Waals surface area contributed by atoms with Gasteiger partial charge in [-0.2, -0.15) is 0 Å². The minimum atomic E-state index is -1.90. The number of nitrogens with zero attached hydrogens (tertiary/aromatic N) is 1. The summed E-state index contributed by atoms with van der Waals surface area (Å²) < 4.78 is 0. The van der Waals surface area contributed by atoms with Crippen LogP contribution in [0.5, 0.6) is 0 Å². The van der Waals surface area contributed by atoms with Gasteiger partial charge in [-0.25, -0.2) is 0 Å². The summed E-state index contributed by atoms with van der Waals surface area (Å²) in [6.07, 6.45) is 0.774. The molecule has 1 aliphatic heterocycles. The third-order valence-corrected chi connectivity index (χ3v) is 5.59. The van der Waals surface area contributed by atoms with Crippen LogP contribution in [0, 0.1) is 0 Å². The number of amides is 2. The molecule has 0 aliphatic carbocycles. The first-order valence-electron chi connectivity index (χ1n) is 9.72. The Kier molecular flexibility index (Phi) is 5.33. The molecule has 2 N–H and O–H groups in total. The lowest BCUT2D eigenvalue weighted by Crippen LogP contribution is -2.44. The normalized spacial score (nSPS) is 17.7. The van der Waals surface area contributed by atoms with E-state index in [1.165, 1.54) is 4.90 Å². The molecule has 152 valence electrons. The van der Waals surface area contributed by atoms with Gasteiger partial charge in [0.2, 0.25) is 5.91 Å². The van der Waals surface area contributed by atoms with Crippen molar-refractivity contribution >= 4 is 34.8 Å². The molecule has 6 heteroatoms. The summed E-state index contributed by atoms with van der Waals surface area (Å²) in [6, 6.07) is 21.1. The molecule has 1 aliphatic rings. The summed E-state index contributed by atoms with van der Waals surface area (Å²) in [7, 11) is 0. The fourth-order valence-electron chi connectivity index (χ4n) is 3.87. The average molecular weight is 421 g/mol. The van der Waals surface area contributed by atoms with Gasteiger partial charge >= 0.3 is 0 Å². The van der Waals surface area contributed by atoms with Crippen LogP contribution in [0.2, 0.25) is 5.02 Å². The molecule has 3 aromatic carbocycles. The summed E-state index contributed by atoms with van der Waals surface area (Å²) in [5.74, 6) is -0.917. The van der Waals surface area contributed by atoms with E-state index < -0.39 is 11.5 Å². The van der Waals surface area contributed by atoms with Crippen molar-refractivity contribution in [2.75, 3.05) is 16.8 Å². The number of carbonyl (C=O) groups excluding carboxylic acids is 2. The summed E-state index contributed by atoms with van der Waals surface area (Å²) in [4.78, 5) is 27.5. The number of hydrogen-bond donors (Lipinski definition) is 2. The number of halogens is 1. The third kappa shape index (κ3) is 3.36. The van der Waals surface area contributed by atoms with E-state index >= 15 is 0 Å². The van der Waals surface area contributed by atoms with Crippen molar-refractivity contribution in [1.82, 2.24) is 0 Å². The van der Waals surface area contributed by atoms with E-state index in [4.69, 9.17) is 11.6 Å². The smallest absolute Gasteiger partial charge is 0.268 e. The van der Waals surface area contributed by atoms with Gasteiger partial charge in [0.05, 0.1) is 5.69 Å². The second kappa shape index (κ2) is 7.94. The van der Waals surface area contributed by atoms with Crippen molar-refractivity contribution in [3.05, 3.63) is 94.5 Å². The highest BCUT2D eigenvalue weighted by molar-refractivity contribution is 6.30. The summed E-state index contributed by atoms with van der Waals surface area (Å²) >= 11 is 6.10. The number of aryl methyl sites for hydroxylation is 1. The van der Waals surface area contributed by atoms with Gasteiger partial charge in [-0.05, 0) is 41.8 Å². The standard InChI is InChI=1S/C24H21ClN2O3/c1-2-16-8-3-5-12-20(16)26-22(28)15-27-21-13-6-4-11-19(21)24(30,23(27)29)17-9-7-10-18(25)14-17/h3-14,30H,2,15H2,1H3,(H,26,28). The third-order valence-electron chi connectivity index (χ3n) is 5.36. The molecule has 4 rings (SSSR count). The first kappa shape index (κ1) is 20.1.